The first kappa shape index (κ1) is 19.4. The molecule has 2 atom stereocenters. The van der Waals surface area contributed by atoms with E-state index in [4.69, 9.17) is 9.84 Å². The Hall–Kier alpha value is -1.69. The van der Waals surface area contributed by atoms with Crippen LogP contribution in [0.25, 0.3) is 0 Å². The predicted octanol–water partition coefficient (Wildman–Crippen LogP) is 3.25. The Balaban J connectivity index is 2.48. The van der Waals surface area contributed by atoms with Gasteiger partial charge in [0, 0.05) is 0 Å². The standard InChI is InChI=1S/C17H25NO4S/c1-4-5-10-23-13(3)17(21)18-12(2)14-6-8-15(9-7-14)22-11-16(19)20/h6-9,12-13H,4-5,10-11H2,1-3H3,(H,18,21)(H,19,20). The highest BCUT2D eigenvalue weighted by molar-refractivity contribution is 8.00. The quantitative estimate of drug-likeness (QED) is 0.640. The molecule has 0 aliphatic rings. The van der Waals surface area contributed by atoms with Crippen LogP contribution in [-0.2, 0) is 9.59 Å². The van der Waals surface area contributed by atoms with E-state index in [2.05, 4.69) is 12.2 Å². The Morgan fingerprint density at radius 1 is 1.26 bits per heavy atom. The lowest BCUT2D eigenvalue weighted by Crippen LogP contribution is -2.33. The van der Waals surface area contributed by atoms with Crippen LogP contribution in [0.5, 0.6) is 5.75 Å². The summed E-state index contributed by atoms with van der Waals surface area (Å²) in [4.78, 5) is 22.6. The zero-order valence-electron chi connectivity index (χ0n) is 13.9. The molecule has 2 N–H and O–H groups in total. The first-order chi connectivity index (χ1) is 10.9. The van der Waals surface area contributed by atoms with Crippen molar-refractivity contribution < 1.29 is 19.4 Å². The second kappa shape index (κ2) is 10.2. The highest BCUT2D eigenvalue weighted by atomic mass is 32.2. The number of carboxylic acids is 1. The fourth-order valence-corrected chi connectivity index (χ4v) is 2.92. The molecule has 1 rings (SSSR count). The summed E-state index contributed by atoms with van der Waals surface area (Å²) in [5, 5.41) is 11.5. The molecule has 0 aromatic heterocycles. The first-order valence-corrected chi connectivity index (χ1v) is 8.85. The molecule has 0 saturated carbocycles. The second-order valence-corrected chi connectivity index (χ2v) is 6.80. The van der Waals surface area contributed by atoms with Crippen LogP contribution in [0.2, 0.25) is 0 Å². The van der Waals surface area contributed by atoms with Gasteiger partial charge in [0.25, 0.3) is 0 Å². The summed E-state index contributed by atoms with van der Waals surface area (Å²) in [6.07, 6.45) is 2.25. The van der Waals surface area contributed by atoms with E-state index in [1.165, 1.54) is 0 Å². The monoisotopic (exact) mass is 339 g/mol. The third-order valence-corrected chi connectivity index (χ3v) is 4.57. The number of aliphatic carboxylic acids is 1. The number of hydrogen-bond acceptors (Lipinski definition) is 4. The minimum Gasteiger partial charge on any atom is -0.482 e. The van der Waals surface area contributed by atoms with Crippen LogP contribution in [0.3, 0.4) is 0 Å². The number of amides is 1. The summed E-state index contributed by atoms with van der Waals surface area (Å²) in [6, 6.07) is 6.97. The molecule has 5 nitrogen and oxygen atoms in total. The maximum Gasteiger partial charge on any atom is 0.341 e. The molecule has 6 heteroatoms. The number of carbonyl (C=O) groups is 2. The zero-order chi connectivity index (χ0) is 17.2. The Labute approximate surface area is 141 Å². The molecule has 0 saturated heterocycles. The normalized spacial score (nSPS) is 13.2. The minimum absolute atomic E-state index is 0.0322. The van der Waals surface area contributed by atoms with Crippen molar-refractivity contribution in [2.75, 3.05) is 12.4 Å². The van der Waals surface area contributed by atoms with Crippen LogP contribution in [0, 0.1) is 0 Å². The number of hydrogen-bond donors (Lipinski definition) is 2. The summed E-state index contributed by atoms with van der Waals surface area (Å²) >= 11 is 1.67. The summed E-state index contributed by atoms with van der Waals surface area (Å²) < 4.78 is 5.09. The molecule has 0 bridgehead atoms. The maximum atomic E-state index is 12.1. The Kier molecular flexibility index (Phi) is 8.55. The van der Waals surface area contributed by atoms with Gasteiger partial charge in [-0.1, -0.05) is 25.5 Å². The molecule has 0 radical (unpaired) electrons. The van der Waals surface area contributed by atoms with E-state index in [1.54, 1.807) is 23.9 Å². The van der Waals surface area contributed by atoms with Gasteiger partial charge >= 0.3 is 5.97 Å². The molecule has 0 heterocycles. The number of carbonyl (C=O) groups excluding carboxylic acids is 1. The van der Waals surface area contributed by atoms with Crippen LogP contribution < -0.4 is 10.1 Å². The van der Waals surface area contributed by atoms with Gasteiger partial charge in [0.1, 0.15) is 5.75 Å². The molecule has 0 spiro atoms. The van der Waals surface area contributed by atoms with Gasteiger partial charge in [0.15, 0.2) is 6.61 Å². The molecule has 0 aliphatic heterocycles. The zero-order valence-corrected chi connectivity index (χ0v) is 14.7. The van der Waals surface area contributed by atoms with Gasteiger partial charge in [-0.3, -0.25) is 4.79 Å². The molecule has 0 fully saturated rings. The van der Waals surface area contributed by atoms with Crippen molar-refractivity contribution in [3.05, 3.63) is 29.8 Å². The third-order valence-electron chi connectivity index (χ3n) is 3.34. The van der Waals surface area contributed by atoms with Crippen LogP contribution in [0.1, 0.15) is 45.2 Å². The molecule has 128 valence electrons. The maximum absolute atomic E-state index is 12.1. The van der Waals surface area contributed by atoms with Gasteiger partial charge in [0.2, 0.25) is 5.91 Å². The number of benzene rings is 1. The third kappa shape index (κ3) is 7.41. The van der Waals surface area contributed by atoms with Crippen LogP contribution >= 0.6 is 11.8 Å². The van der Waals surface area contributed by atoms with E-state index in [9.17, 15) is 9.59 Å². The molecule has 0 aliphatic carbocycles. The molecule has 23 heavy (non-hydrogen) atoms. The van der Waals surface area contributed by atoms with Crippen molar-refractivity contribution >= 4 is 23.6 Å². The Bertz CT molecular complexity index is 504. The SMILES string of the molecule is CCCCSC(C)C(=O)NC(C)c1ccc(OCC(=O)O)cc1. The average Bonchev–Trinajstić information content (AvgIpc) is 2.53. The predicted molar refractivity (Wildman–Crippen MR) is 93.0 cm³/mol. The molecular weight excluding hydrogens is 314 g/mol. The lowest BCUT2D eigenvalue weighted by atomic mass is 10.1. The smallest absolute Gasteiger partial charge is 0.341 e. The summed E-state index contributed by atoms with van der Waals surface area (Å²) in [5.74, 6) is 0.516. The number of ether oxygens (including phenoxy) is 1. The van der Waals surface area contributed by atoms with Gasteiger partial charge in [-0.05, 0) is 43.7 Å². The number of thioether (sulfide) groups is 1. The van der Waals surface area contributed by atoms with Crippen molar-refractivity contribution in [1.82, 2.24) is 5.32 Å². The van der Waals surface area contributed by atoms with Gasteiger partial charge in [-0.2, -0.15) is 0 Å². The first-order valence-electron chi connectivity index (χ1n) is 7.80. The topological polar surface area (TPSA) is 75.6 Å². The van der Waals surface area contributed by atoms with Crippen molar-refractivity contribution in [3.8, 4) is 5.75 Å². The van der Waals surface area contributed by atoms with Crippen LogP contribution in [0.4, 0.5) is 0 Å². The largest absolute Gasteiger partial charge is 0.482 e. The van der Waals surface area contributed by atoms with Gasteiger partial charge in [-0.25, -0.2) is 4.79 Å². The second-order valence-electron chi connectivity index (χ2n) is 5.35. The molecular formula is C17H25NO4S. The van der Waals surface area contributed by atoms with Crippen molar-refractivity contribution in [3.63, 3.8) is 0 Å². The van der Waals surface area contributed by atoms with Crippen LogP contribution in [-0.4, -0.2) is 34.6 Å². The highest BCUT2D eigenvalue weighted by Crippen LogP contribution is 2.19. The highest BCUT2D eigenvalue weighted by Gasteiger charge is 2.16. The van der Waals surface area contributed by atoms with Gasteiger partial charge in [-0.15, -0.1) is 11.8 Å². The van der Waals surface area contributed by atoms with E-state index < -0.39 is 5.97 Å². The number of unbranched alkanes of at least 4 members (excludes halogenated alkanes) is 1. The van der Waals surface area contributed by atoms with E-state index in [0.29, 0.717) is 5.75 Å². The number of carboxylic acid groups (broad SMARTS) is 1. The summed E-state index contributed by atoms with van der Waals surface area (Å²) in [7, 11) is 0. The summed E-state index contributed by atoms with van der Waals surface area (Å²) in [6.45, 7) is 5.62. The molecule has 1 aromatic rings. The Morgan fingerprint density at radius 3 is 2.48 bits per heavy atom. The fourth-order valence-electron chi connectivity index (χ4n) is 1.89. The van der Waals surface area contributed by atoms with Crippen molar-refractivity contribution in [1.29, 1.82) is 0 Å². The van der Waals surface area contributed by atoms with E-state index in [1.807, 2.05) is 26.0 Å². The lowest BCUT2D eigenvalue weighted by molar-refractivity contribution is -0.139. The van der Waals surface area contributed by atoms with Crippen molar-refractivity contribution in [2.24, 2.45) is 0 Å². The average molecular weight is 339 g/mol. The van der Waals surface area contributed by atoms with Gasteiger partial charge < -0.3 is 15.2 Å². The van der Waals surface area contributed by atoms with Gasteiger partial charge in [0.05, 0.1) is 11.3 Å². The number of rotatable bonds is 10. The molecule has 2 unspecified atom stereocenters. The Morgan fingerprint density at radius 2 is 1.91 bits per heavy atom. The van der Waals surface area contributed by atoms with E-state index >= 15 is 0 Å². The fraction of sp³-hybridized carbons (Fsp3) is 0.529. The number of nitrogens with one attached hydrogen (secondary N) is 1. The van der Waals surface area contributed by atoms with Crippen LogP contribution in [0.15, 0.2) is 24.3 Å². The molecule has 1 amide bonds. The van der Waals surface area contributed by atoms with E-state index in [-0.39, 0.29) is 23.8 Å². The lowest BCUT2D eigenvalue weighted by Gasteiger charge is -2.18. The summed E-state index contributed by atoms with van der Waals surface area (Å²) in [5.41, 5.74) is 0.951. The minimum atomic E-state index is -1.01. The van der Waals surface area contributed by atoms with Crippen molar-refractivity contribution in [2.45, 2.75) is 44.9 Å². The molecule has 1 aromatic carbocycles. The van der Waals surface area contributed by atoms with E-state index in [0.717, 1.165) is 24.2 Å².